The normalized spacial score (nSPS) is 11.5. The van der Waals surface area contributed by atoms with Gasteiger partial charge in [0.2, 0.25) is 0 Å². The van der Waals surface area contributed by atoms with Crippen LogP contribution in [-0.2, 0) is 0 Å². The molecular formula is C8H9N5O. The topological polar surface area (TPSA) is 100 Å². The Kier molecular flexibility index (Phi) is 1.81. The summed E-state index contributed by atoms with van der Waals surface area (Å²) >= 11 is 0. The quantitative estimate of drug-likeness (QED) is 0.342. The Hall–Kier alpha value is -2.11. The van der Waals surface area contributed by atoms with Gasteiger partial charge in [0.1, 0.15) is 5.75 Å². The lowest BCUT2D eigenvalue weighted by atomic mass is 10.1. The molecule has 0 amide bonds. The predicted octanol–water partition coefficient (Wildman–Crippen LogP) is 0.265. The lowest BCUT2D eigenvalue weighted by Gasteiger charge is -2.02. The summed E-state index contributed by atoms with van der Waals surface area (Å²) in [5.41, 5.74) is 1.65. The Morgan fingerprint density at radius 3 is 3.14 bits per heavy atom. The van der Waals surface area contributed by atoms with Gasteiger partial charge in [-0.2, -0.15) is 10.2 Å². The van der Waals surface area contributed by atoms with Gasteiger partial charge >= 0.3 is 0 Å². The Bertz CT molecular complexity index is 502. The fraction of sp³-hybridized carbons (Fsp3) is 0.125. The number of hydrazone groups is 1. The van der Waals surface area contributed by atoms with Crippen LogP contribution in [0.1, 0.15) is 11.3 Å². The van der Waals surface area contributed by atoms with E-state index in [-0.39, 0.29) is 5.75 Å². The summed E-state index contributed by atoms with van der Waals surface area (Å²) in [4.78, 5) is 4.11. The first-order chi connectivity index (χ1) is 6.74. The largest absolute Gasteiger partial charge is 0.505 e. The van der Waals surface area contributed by atoms with Gasteiger partial charge in [-0.05, 0) is 6.92 Å². The maximum atomic E-state index is 9.69. The number of H-pyrrole nitrogens is 1. The highest BCUT2D eigenvalue weighted by molar-refractivity contribution is 5.99. The number of hydrogen-bond donors (Lipinski definition) is 3. The molecule has 0 aliphatic rings. The molecule has 0 radical (unpaired) electrons. The summed E-state index contributed by atoms with van der Waals surface area (Å²) in [6.07, 6.45) is 2.94. The third kappa shape index (κ3) is 1.08. The van der Waals surface area contributed by atoms with Gasteiger partial charge in [0.05, 0.1) is 29.1 Å². The zero-order valence-electron chi connectivity index (χ0n) is 7.52. The second-order valence-corrected chi connectivity index (χ2v) is 2.87. The smallest absolute Gasteiger partial charge is 0.156 e. The predicted molar refractivity (Wildman–Crippen MR) is 52.1 cm³/mol. The Labute approximate surface area is 79.5 Å². The maximum Gasteiger partial charge on any atom is 0.156 e. The van der Waals surface area contributed by atoms with Crippen molar-refractivity contribution < 1.29 is 5.11 Å². The van der Waals surface area contributed by atoms with E-state index in [1.807, 2.05) is 0 Å². The second kappa shape index (κ2) is 2.99. The number of rotatable bonds is 1. The molecule has 72 valence electrons. The fourth-order valence-corrected chi connectivity index (χ4v) is 1.31. The third-order valence-corrected chi connectivity index (χ3v) is 1.99. The van der Waals surface area contributed by atoms with Crippen LogP contribution in [0.25, 0.3) is 11.0 Å². The van der Waals surface area contributed by atoms with Crippen LogP contribution < -0.4 is 5.84 Å². The first-order valence-corrected chi connectivity index (χ1v) is 4.00. The standard InChI is InChI=1S/C8H9N5O/c1-4-7(14)5(2-10-9)6-3-11-13-8(6)12-4/h2-3,14H,9H2,1H3,(H,11,12,13). The Morgan fingerprint density at radius 1 is 1.64 bits per heavy atom. The third-order valence-electron chi connectivity index (χ3n) is 1.99. The average Bonchev–Trinajstić information content (AvgIpc) is 2.60. The van der Waals surface area contributed by atoms with Crippen LogP contribution in [0.4, 0.5) is 0 Å². The van der Waals surface area contributed by atoms with Gasteiger partial charge in [0, 0.05) is 0 Å². The number of aromatic nitrogens is 3. The van der Waals surface area contributed by atoms with Crippen LogP contribution in [0.5, 0.6) is 5.75 Å². The summed E-state index contributed by atoms with van der Waals surface area (Å²) in [6, 6.07) is 0. The van der Waals surface area contributed by atoms with Crippen molar-refractivity contribution in [3.05, 3.63) is 17.5 Å². The van der Waals surface area contributed by atoms with Crippen molar-refractivity contribution in [2.24, 2.45) is 10.9 Å². The van der Waals surface area contributed by atoms with Crippen molar-refractivity contribution in [1.29, 1.82) is 0 Å². The van der Waals surface area contributed by atoms with E-state index in [4.69, 9.17) is 5.84 Å². The van der Waals surface area contributed by atoms with Gasteiger partial charge in [-0.3, -0.25) is 5.10 Å². The molecule has 0 spiro atoms. The fourth-order valence-electron chi connectivity index (χ4n) is 1.31. The van der Waals surface area contributed by atoms with E-state index in [0.29, 0.717) is 22.3 Å². The van der Waals surface area contributed by atoms with Crippen LogP contribution in [0.3, 0.4) is 0 Å². The first kappa shape index (κ1) is 8.49. The highest BCUT2D eigenvalue weighted by atomic mass is 16.3. The van der Waals surface area contributed by atoms with Crippen molar-refractivity contribution in [3.8, 4) is 5.75 Å². The molecule has 2 aromatic rings. The summed E-state index contributed by atoms with van der Waals surface area (Å²) in [7, 11) is 0. The zero-order chi connectivity index (χ0) is 10.1. The molecule has 0 aromatic carbocycles. The maximum absolute atomic E-state index is 9.69. The van der Waals surface area contributed by atoms with Crippen molar-refractivity contribution in [3.63, 3.8) is 0 Å². The van der Waals surface area contributed by atoms with E-state index in [1.54, 1.807) is 13.1 Å². The molecule has 0 saturated heterocycles. The minimum absolute atomic E-state index is 0.0769. The highest BCUT2D eigenvalue weighted by Gasteiger charge is 2.10. The van der Waals surface area contributed by atoms with Crippen molar-refractivity contribution >= 4 is 17.2 Å². The number of nitrogens with one attached hydrogen (secondary N) is 1. The SMILES string of the molecule is Cc1nc2[nH]ncc2c(C=NN)c1O. The Balaban J connectivity index is 2.86. The molecule has 0 bridgehead atoms. The average molecular weight is 191 g/mol. The van der Waals surface area contributed by atoms with E-state index in [1.165, 1.54) is 6.21 Å². The number of hydrogen-bond acceptors (Lipinski definition) is 5. The minimum Gasteiger partial charge on any atom is -0.505 e. The van der Waals surface area contributed by atoms with Gasteiger partial charge in [-0.1, -0.05) is 0 Å². The first-order valence-electron chi connectivity index (χ1n) is 4.00. The van der Waals surface area contributed by atoms with Crippen LogP contribution in [-0.4, -0.2) is 26.5 Å². The number of aryl methyl sites for hydroxylation is 1. The highest BCUT2D eigenvalue weighted by Crippen LogP contribution is 2.25. The molecule has 2 aromatic heterocycles. The van der Waals surface area contributed by atoms with Gasteiger partial charge in [0.25, 0.3) is 0 Å². The van der Waals surface area contributed by atoms with Gasteiger partial charge in [-0.25, -0.2) is 4.98 Å². The molecule has 0 fully saturated rings. The molecule has 0 unspecified atom stereocenters. The molecule has 0 aliphatic heterocycles. The number of aromatic hydroxyl groups is 1. The molecule has 0 atom stereocenters. The summed E-state index contributed by atoms with van der Waals surface area (Å²) in [5.74, 6) is 5.12. The number of nitrogens with zero attached hydrogens (tertiary/aromatic N) is 3. The molecule has 2 heterocycles. The van der Waals surface area contributed by atoms with Crippen LogP contribution in [0.2, 0.25) is 0 Å². The Morgan fingerprint density at radius 2 is 2.43 bits per heavy atom. The van der Waals surface area contributed by atoms with Gasteiger partial charge in [0.15, 0.2) is 5.65 Å². The van der Waals surface area contributed by atoms with E-state index >= 15 is 0 Å². The molecule has 0 aliphatic carbocycles. The monoisotopic (exact) mass is 191 g/mol. The van der Waals surface area contributed by atoms with Crippen LogP contribution >= 0.6 is 0 Å². The van der Waals surface area contributed by atoms with Crippen LogP contribution in [0, 0.1) is 6.92 Å². The van der Waals surface area contributed by atoms with Crippen LogP contribution in [0.15, 0.2) is 11.3 Å². The van der Waals surface area contributed by atoms with E-state index in [0.717, 1.165) is 0 Å². The lowest BCUT2D eigenvalue weighted by Crippen LogP contribution is -1.93. The summed E-state index contributed by atoms with van der Waals surface area (Å²) in [6.45, 7) is 1.70. The van der Waals surface area contributed by atoms with Crippen molar-refractivity contribution in [1.82, 2.24) is 15.2 Å². The van der Waals surface area contributed by atoms with Gasteiger partial charge in [-0.15, -0.1) is 0 Å². The summed E-state index contributed by atoms with van der Waals surface area (Å²) in [5, 5.41) is 20.3. The number of pyridine rings is 1. The molecular weight excluding hydrogens is 182 g/mol. The number of nitrogens with two attached hydrogens (primary N) is 1. The molecule has 6 nitrogen and oxygen atoms in total. The van der Waals surface area contributed by atoms with Crippen molar-refractivity contribution in [2.45, 2.75) is 6.92 Å². The van der Waals surface area contributed by atoms with Gasteiger partial charge < -0.3 is 10.9 Å². The zero-order valence-corrected chi connectivity index (χ0v) is 7.52. The minimum atomic E-state index is 0.0769. The van der Waals surface area contributed by atoms with E-state index in [9.17, 15) is 5.11 Å². The molecule has 4 N–H and O–H groups in total. The molecule has 2 rings (SSSR count). The second-order valence-electron chi connectivity index (χ2n) is 2.87. The summed E-state index contributed by atoms with van der Waals surface area (Å²) < 4.78 is 0. The molecule has 0 saturated carbocycles. The van der Waals surface area contributed by atoms with Crippen molar-refractivity contribution in [2.75, 3.05) is 0 Å². The number of fused-ring (bicyclic) bond motifs is 1. The molecule has 14 heavy (non-hydrogen) atoms. The molecule has 6 heteroatoms. The lowest BCUT2D eigenvalue weighted by molar-refractivity contribution is 0.468. The van der Waals surface area contributed by atoms with E-state index in [2.05, 4.69) is 20.3 Å². The van der Waals surface area contributed by atoms with E-state index < -0.39 is 0 Å². The number of aromatic amines is 1.